The van der Waals surface area contributed by atoms with E-state index >= 15 is 0 Å². The zero-order valence-corrected chi connectivity index (χ0v) is 8.71. The maximum absolute atomic E-state index is 12.3. The first-order chi connectivity index (χ1) is 5.95. The van der Waals surface area contributed by atoms with Crippen LogP contribution < -0.4 is 5.73 Å². The van der Waals surface area contributed by atoms with Gasteiger partial charge in [0.15, 0.2) is 0 Å². The Morgan fingerprint density at radius 3 is 2.54 bits per heavy atom. The van der Waals surface area contributed by atoms with Crippen LogP contribution in [0.3, 0.4) is 0 Å². The SMILES string of the molecule is NCC(c1ncc(Br)s1)C(F)(F)F. The first kappa shape index (κ1) is 10.9. The van der Waals surface area contributed by atoms with Gasteiger partial charge in [0.2, 0.25) is 0 Å². The molecule has 0 saturated carbocycles. The number of rotatable bonds is 2. The Labute approximate surface area is 85.1 Å². The average molecular weight is 275 g/mol. The van der Waals surface area contributed by atoms with E-state index in [0.29, 0.717) is 3.79 Å². The molecule has 0 fully saturated rings. The van der Waals surface area contributed by atoms with Crippen molar-refractivity contribution in [2.75, 3.05) is 6.54 Å². The minimum Gasteiger partial charge on any atom is -0.329 e. The second-order valence-electron chi connectivity index (χ2n) is 2.33. The molecule has 1 aromatic heterocycles. The number of nitrogens with zero attached hydrogens (tertiary/aromatic N) is 1. The van der Waals surface area contributed by atoms with Gasteiger partial charge in [0.1, 0.15) is 10.9 Å². The fourth-order valence-electron chi connectivity index (χ4n) is 0.803. The predicted molar refractivity (Wildman–Crippen MR) is 47.7 cm³/mol. The highest BCUT2D eigenvalue weighted by molar-refractivity contribution is 9.11. The monoisotopic (exact) mass is 274 g/mol. The van der Waals surface area contributed by atoms with Crippen LogP contribution in [-0.2, 0) is 0 Å². The van der Waals surface area contributed by atoms with Crippen LogP contribution >= 0.6 is 27.3 Å². The summed E-state index contributed by atoms with van der Waals surface area (Å²) < 4.78 is 37.4. The van der Waals surface area contributed by atoms with Crippen molar-refractivity contribution in [1.29, 1.82) is 0 Å². The number of halogens is 4. The van der Waals surface area contributed by atoms with Crippen LogP contribution in [0.4, 0.5) is 13.2 Å². The number of alkyl halides is 3. The minimum absolute atomic E-state index is 0.00174. The van der Waals surface area contributed by atoms with Crippen molar-refractivity contribution in [2.45, 2.75) is 12.1 Å². The molecular weight excluding hydrogens is 269 g/mol. The summed E-state index contributed by atoms with van der Waals surface area (Å²) in [6.07, 6.45) is -2.97. The molecule has 1 rings (SSSR count). The second-order valence-corrected chi connectivity index (χ2v) is 4.77. The van der Waals surface area contributed by atoms with Gasteiger partial charge >= 0.3 is 6.18 Å². The number of aromatic nitrogens is 1. The molecule has 0 bridgehead atoms. The zero-order valence-electron chi connectivity index (χ0n) is 6.31. The lowest BCUT2D eigenvalue weighted by Gasteiger charge is -2.15. The van der Waals surface area contributed by atoms with E-state index < -0.39 is 18.6 Å². The highest BCUT2D eigenvalue weighted by Gasteiger charge is 2.41. The van der Waals surface area contributed by atoms with E-state index in [1.807, 2.05) is 0 Å². The third kappa shape index (κ3) is 2.65. The van der Waals surface area contributed by atoms with Crippen molar-refractivity contribution in [3.8, 4) is 0 Å². The summed E-state index contributed by atoms with van der Waals surface area (Å²) in [5.74, 6) is -1.65. The fraction of sp³-hybridized carbons (Fsp3) is 0.500. The Balaban J connectivity index is 2.91. The average Bonchev–Trinajstić information content (AvgIpc) is 2.34. The van der Waals surface area contributed by atoms with Crippen LogP contribution in [0, 0.1) is 0 Å². The van der Waals surface area contributed by atoms with Gasteiger partial charge in [-0.3, -0.25) is 0 Å². The Bertz CT molecular complexity index is 286. The molecule has 1 heterocycles. The van der Waals surface area contributed by atoms with Gasteiger partial charge in [0, 0.05) is 6.54 Å². The molecule has 74 valence electrons. The molecule has 0 radical (unpaired) electrons. The molecule has 0 aromatic carbocycles. The van der Waals surface area contributed by atoms with Gasteiger partial charge in [-0.15, -0.1) is 11.3 Å². The van der Waals surface area contributed by atoms with Crippen LogP contribution in [0.25, 0.3) is 0 Å². The highest BCUT2D eigenvalue weighted by Crippen LogP contribution is 2.36. The maximum Gasteiger partial charge on any atom is 0.399 e. The third-order valence-corrected chi connectivity index (χ3v) is 3.01. The molecule has 0 aliphatic rings. The van der Waals surface area contributed by atoms with Crippen molar-refractivity contribution in [3.63, 3.8) is 0 Å². The van der Waals surface area contributed by atoms with Gasteiger partial charge in [0.05, 0.1) is 9.98 Å². The number of hydrogen-bond donors (Lipinski definition) is 1. The van der Waals surface area contributed by atoms with Gasteiger partial charge in [-0.1, -0.05) is 0 Å². The van der Waals surface area contributed by atoms with Gasteiger partial charge in [0.25, 0.3) is 0 Å². The molecule has 1 unspecified atom stereocenters. The molecule has 0 aliphatic carbocycles. The molecule has 0 amide bonds. The summed E-state index contributed by atoms with van der Waals surface area (Å²) in [4.78, 5) is 3.63. The minimum atomic E-state index is -4.31. The van der Waals surface area contributed by atoms with E-state index in [4.69, 9.17) is 5.73 Å². The molecule has 2 nitrogen and oxygen atoms in total. The molecule has 1 atom stereocenters. The Morgan fingerprint density at radius 2 is 2.23 bits per heavy atom. The van der Waals surface area contributed by atoms with Crippen molar-refractivity contribution < 1.29 is 13.2 Å². The highest BCUT2D eigenvalue weighted by atomic mass is 79.9. The number of nitrogens with two attached hydrogens (primary N) is 1. The Hall–Kier alpha value is -0.140. The topological polar surface area (TPSA) is 38.9 Å². The van der Waals surface area contributed by atoms with E-state index in [1.165, 1.54) is 6.20 Å². The van der Waals surface area contributed by atoms with Gasteiger partial charge in [-0.05, 0) is 15.9 Å². The van der Waals surface area contributed by atoms with Crippen LogP contribution in [0.2, 0.25) is 0 Å². The zero-order chi connectivity index (χ0) is 10.1. The van der Waals surface area contributed by atoms with E-state index in [-0.39, 0.29) is 5.01 Å². The van der Waals surface area contributed by atoms with Crippen molar-refractivity contribution >= 4 is 27.3 Å². The molecular formula is C6H6BrF3N2S. The van der Waals surface area contributed by atoms with Crippen molar-refractivity contribution in [1.82, 2.24) is 4.98 Å². The number of hydrogen-bond acceptors (Lipinski definition) is 3. The molecule has 0 saturated heterocycles. The van der Waals surface area contributed by atoms with E-state index in [0.717, 1.165) is 11.3 Å². The smallest absolute Gasteiger partial charge is 0.329 e. The standard InChI is InChI=1S/C6H6BrF3N2S/c7-4-2-12-5(13-4)3(1-11)6(8,9)10/h2-3H,1,11H2. The first-order valence-corrected chi connectivity index (χ1v) is 4.94. The van der Waals surface area contributed by atoms with E-state index in [9.17, 15) is 13.2 Å². The molecule has 0 spiro atoms. The summed E-state index contributed by atoms with van der Waals surface area (Å²) in [6.45, 7) is -0.469. The second kappa shape index (κ2) is 3.93. The predicted octanol–water partition coefficient (Wildman–Crippen LogP) is 2.51. The summed E-state index contributed by atoms with van der Waals surface area (Å²) in [6, 6.07) is 0. The van der Waals surface area contributed by atoms with E-state index in [2.05, 4.69) is 20.9 Å². The van der Waals surface area contributed by atoms with Crippen LogP contribution in [0.15, 0.2) is 9.98 Å². The van der Waals surface area contributed by atoms with Gasteiger partial charge < -0.3 is 5.73 Å². The van der Waals surface area contributed by atoms with Crippen LogP contribution in [0.5, 0.6) is 0 Å². The number of thiazole rings is 1. The maximum atomic E-state index is 12.3. The van der Waals surface area contributed by atoms with Crippen molar-refractivity contribution in [3.05, 3.63) is 15.0 Å². The lowest BCUT2D eigenvalue weighted by molar-refractivity contribution is -0.148. The quantitative estimate of drug-likeness (QED) is 0.900. The lowest BCUT2D eigenvalue weighted by Crippen LogP contribution is -2.27. The molecule has 1 aromatic rings. The van der Waals surface area contributed by atoms with Gasteiger partial charge in [-0.2, -0.15) is 13.2 Å². The normalized spacial score (nSPS) is 14.5. The summed E-state index contributed by atoms with van der Waals surface area (Å²) in [5, 5.41) is 0.00174. The van der Waals surface area contributed by atoms with E-state index in [1.54, 1.807) is 0 Å². The Kier molecular flexibility index (Phi) is 3.31. The summed E-state index contributed by atoms with van der Waals surface area (Å²) >= 11 is 4.00. The lowest BCUT2D eigenvalue weighted by atomic mass is 10.1. The van der Waals surface area contributed by atoms with Crippen molar-refractivity contribution in [2.24, 2.45) is 5.73 Å². The van der Waals surface area contributed by atoms with Crippen LogP contribution in [0.1, 0.15) is 10.9 Å². The third-order valence-electron chi connectivity index (χ3n) is 1.42. The largest absolute Gasteiger partial charge is 0.399 e. The first-order valence-electron chi connectivity index (χ1n) is 3.33. The molecule has 13 heavy (non-hydrogen) atoms. The molecule has 2 N–H and O–H groups in total. The Morgan fingerprint density at radius 1 is 1.62 bits per heavy atom. The van der Waals surface area contributed by atoms with Gasteiger partial charge in [-0.25, -0.2) is 4.98 Å². The molecule has 0 aliphatic heterocycles. The van der Waals surface area contributed by atoms with Crippen LogP contribution in [-0.4, -0.2) is 17.7 Å². The summed E-state index contributed by atoms with van der Waals surface area (Å²) in [5.41, 5.74) is 5.03. The molecule has 7 heteroatoms. The fourth-order valence-corrected chi connectivity index (χ4v) is 2.19. The summed E-state index contributed by atoms with van der Waals surface area (Å²) in [7, 11) is 0.